The Hall–Kier alpha value is -1.72. The quantitative estimate of drug-likeness (QED) is 0.560. The van der Waals surface area contributed by atoms with Crippen LogP contribution in [0.15, 0.2) is 64.8 Å². The van der Waals surface area contributed by atoms with Crippen LogP contribution in [0.1, 0.15) is 0 Å². The molecule has 0 atom stereocenters. The third-order valence-electron chi connectivity index (χ3n) is 2.90. The summed E-state index contributed by atoms with van der Waals surface area (Å²) < 4.78 is 6.60. The summed E-state index contributed by atoms with van der Waals surface area (Å²) in [6, 6.07) is 17.4. The highest BCUT2D eigenvalue weighted by Gasteiger charge is 2.06. The van der Waals surface area contributed by atoms with Gasteiger partial charge in [0.25, 0.3) is 0 Å². The Labute approximate surface area is 142 Å². The number of quaternary nitrogens is 1. The van der Waals surface area contributed by atoms with Crippen molar-refractivity contribution in [2.75, 3.05) is 34.3 Å². The zero-order valence-electron chi connectivity index (χ0n) is 13.2. The number of rotatable bonds is 6. The summed E-state index contributed by atoms with van der Waals surface area (Å²) >= 11 is 0. The second-order valence-corrected chi connectivity index (χ2v) is 5.89. The van der Waals surface area contributed by atoms with Gasteiger partial charge in [-0.2, -0.15) is 10.2 Å². The first-order valence-corrected chi connectivity index (χ1v) is 7.03. The lowest BCUT2D eigenvalue weighted by Crippen LogP contribution is -3.00. The molecule has 2 aromatic carbocycles. The maximum absolute atomic E-state index is 5.71. The number of nitrogens with zero attached hydrogens (tertiary/aromatic N) is 3. The van der Waals surface area contributed by atoms with Crippen LogP contribution in [0.2, 0.25) is 0 Å². The standard InChI is InChI=1S/C17H22N3O.BrH/c1-20(2,3)13-14-21-17-11-9-16(10-12-17)19-18-15-7-5-4-6-8-15;/h4-12H,13-14H2,1-3H3;1H/q+1;/p-1. The molecule has 0 bridgehead atoms. The Morgan fingerprint density at radius 1 is 0.818 bits per heavy atom. The molecule has 0 spiro atoms. The van der Waals surface area contributed by atoms with Crippen molar-refractivity contribution in [3.05, 3.63) is 54.6 Å². The van der Waals surface area contributed by atoms with Crippen LogP contribution in [0.25, 0.3) is 0 Å². The number of ether oxygens (including phenoxy) is 1. The van der Waals surface area contributed by atoms with E-state index in [1.807, 2.05) is 54.6 Å². The smallest absolute Gasteiger partial charge is 0.137 e. The maximum Gasteiger partial charge on any atom is 0.137 e. The average Bonchev–Trinajstić information content (AvgIpc) is 2.46. The van der Waals surface area contributed by atoms with Crippen LogP contribution >= 0.6 is 0 Å². The molecule has 0 aromatic heterocycles. The summed E-state index contributed by atoms with van der Waals surface area (Å²) in [5, 5.41) is 8.39. The fourth-order valence-corrected chi connectivity index (χ4v) is 1.66. The van der Waals surface area contributed by atoms with E-state index in [1.54, 1.807) is 0 Å². The maximum atomic E-state index is 5.71. The molecule has 0 unspecified atom stereocenters. The number of hydrogen-bond donors (Lipinski definition) is 0. The first kappa shape index (κ1) is 18.3. The Kier molecular flexibility index (Phi) is 7.21. The van der Waals surface area contributed by atoms with E-state index in [0.29, 0.717) is 6.61 Å². The summed E-state index contributed by atoms with van der Waals surface area (Å²) in [7, 11) is 6.45. The molecule has 5 heteroatoms. The molecule has 4 nitrogen and oxygen atoms in total. The van der Waals surface area contributed by atoms with Crippen molar-refractivity contribution in [3.63, 3.8) is 0 Å². The summed E-state index contributed by atoms with van der Waals surface area (Å²) in [5.41, 5.74) is 1.67. The first-order valence-electron chi connectivity index (χ1n) is 7.03. The van der Waals surface area contributed by atoms with Crippen LogP contribution in [0.5, 0.6) is 5.75 Å². The molecule has 0 N–H and O–H groups in total. The SMILES string of the molecule is C[N+](C)(C)CCOc1ccc(N=Nc2ccccc2)cc1.[Br-]. The summed E-state index contributed by atoms with van der Waals surface area (Å²) in [4.78, 5) is 0. The average molecular weight is 364 g/mol. The van der Waals surface area contributed by atoms with Gasteiger partial charge in [-0.3, -0.25) is 0 Å². The molecule has 0 heterocycles. The van der Waals surface area contributed by atoms with Crippen molar-refractivity contribution in [2.24, 2.45) is 10.2 Å². The minimum atomic E-state index is 0. The summed E-state index contributed by atoms with van der Waals surface area (Å²) in [5.74, 6) is 0.863. The van der Waals surface area contributed by atoms with Crippen molar-refractivity contribution >= 4 is 11.4 Å². The lowest BCUT2D eigenvalue weighted by atomic mass is 10.3. The van der Waals surface area contributed by atoms with Gasteiger partial charge in [0.2, 0.25) is 0 Å². The van der Waals surface area contributed by atoms with Crippen molar-refractivity contribution in [2.45, 2.75) is 0 Å². The summed E-state index contributed by atoms with van der Waals surface area (Å²) in [6.07, 6.45) is 0. The second kappa shape index (κ2) is 8.66. The van der Waals surface area contributed by atoms with E-state index in [0.717, 1.165) is 28.2 Å². The van der Waals surface area contributed by atoms with Gasteiger partial charge in [-0.05, 0) is 36.4 Å². The monoisotopic (exact) mass is 363 g/mol. The molecule has 0 aliphatic heterocycles. The number of halogens is 1. The Morgan fingerprint density at radius 3 is 1.91 bits per heavy atom. The number of benzene rings is 2. The molecule has 0 radical (unpaired) electrons. The van der Waals surface area contributed by atoms with Gasteiger partial charge in [0, 0.05) is 0 Å². The fraction of sp³-hybridized carbons (Fsp3) is 0.294. The molecule has 0 saturated heterocycles. The van der Waals surface area contributed by atoms with Crippen molar-refractivity contribution in [1.29, 1.82) is 0 Å². The van der Waals surface area contributed by atoms with Crippen molar-refractivity contribution in [1.82, 2.24) is 0 Å². The molecule has 22 heavy (non-hydrogen) atoms. The first-order chi connectivity index (χ1) is 10.0. The molecular weight excluding hydrogens is 342 g/mol. The minimum Gasteiger partial charge on any atom is -1.00 e. The zero-order valence-corrected chi connectivity index (χ0v) is 14.8. The molecule has 0 aliphatic carbocycles. The predicted octanol–water partition coefficient (Wildman–Crippen LogP) is 1.19. The lowest BCUT2D eigenvalue weighted by molar-refractivity contribution is -0.870. The number of hydrogen-bond acceptors (Lipinski definition) is 3. The van der Waals surface area contributed by atoms with Gasteiger partial charge in [-0.25, -0.2) is 0 Å². The predicted molar refractivity (Wildman–Crippen MR) is 85.5 cm³/mol. The van der Waals surface area contributed by atoms with E-state index in [1.165, 1.54) is 0 Å². The van der Waals surface area contributed by atoms with Crippen LogP contribution < -0.4 is 21.7 Å². The van der Waals surface area contributed by atoms with Crippen LogP contribution in [-0.2, 0) is 0 Å². The fourth-order valence-electron chi connectivity index (χ4n) is 1.66. The highest BCUT2D eigenvalue weighted by Crippen LogP contribution is 2.21. The third kappa shape index (κ3) is 6.83. The second-order valence-electron chi connectivity index (χ2n) is 5.89. The summed E-state index contributed by atoms with van der Waals surface area (Å²) in [6.45, 7) is 1.67. The highest BCUT2D eigenvalue weighted by molar-refractivity contribution is 5.42. The Morgan fingerprint density at radius 2 is 1.36 bits per heavy atom. The zero-order chi connectivity index (χ0) is 15.1. The molecule has 0 amide bonds. The molecule has 0 fully saturated rings. The molecule has 2 aromatic rings. The van der Waals surface area contributed by atoms with E-state index >= 15 is 0 Å². The van der Waals surface area contributed by atoms with E-state index in [4.69, 9.17) is 4.74 Å². The van der Waals surface area contributed by atoms with E-state index in [-0.39, 0.29) is 17.0 Å². The van der Waals surface area contributed by atoms with Gasteiger partial charge in [0.1, 0.15) is 18.9 Å². The van der Waals surface area contributed by atoms with Crippen LogP contribution in [0, 0.1) is 0 Å². The van der Waals surface area contributed by atoms with Gasteiger partial charge in [0.05, 0.1) is 32.5 Å². The molecule has 0 aliphatic rings. The molecule has 2 rings (SSSR count). The minimum absolute atomic E-state index is 0. The van der Waals surface area contributed by atoms with Crippen LogP contribution in [0.3, 0.4) is 0 Å². The highest BCUT2D eigenvalue weighted by atomic mass is 79.9. The van der Waals surface area contributed by atoms with Crippen molar-refractivity contribution in [3.8, 4) is 5.75 Å². The van der Waals surface area contributed by atoms with Crippen LogP contribution in [-0.4, -0.2) is 38.8 Å². The Balaban J connectivity index is 0.00000242. The molecule has 118 valence electrons. The number of likely N-dealkylation sites (N-methyl/N-ethyl adjacent to an activating group) is 1. The van der Waals surface area contributed by atoms with E-state index in [2.05, 4.69) is 31.4 Å². The van der Waals surface area contributed by atoms with Gasteiger partial charge in [-0.15, -0.1) is 0 Å². The lowest BCUT2D eigenvalue weighted by Gasteiger charge is -2.23. The van der Waals surface area contributed by atoms with E-state index in [9.17, 15) is 0 Å². The van der Waals surface area contributed by atoms with E-state index < -0.39 is 0 Å². The normalized spacial score (nSPS) is 11.2. The number of azo groups is 1. The van der Waals surface area contributed by atoms with Crippen LogP contribution in [0.4, 0.5) is 11.4 Å². The molecule has 0 saturated carbocycles. The Bertz CT molecular complexity index is 577. The topological polar surface area (TPSA) is 34.0 Å². The van der Waals surface area contributed by atoms with Gasteiger partial charge < -0.3 is 26.2 Å². The van der Waals surface area contributed by atoms with Gasteiger partial charge >= 0.3 is 0 Å². The largest absolute Gasteiger partial charge is 1.00 e. The van der Waals surface area contributed by atoms with Crippen molar-refractivity contribution < 1.29 is 26.2 Å². The molecular formula is C17H22BrN3O. The third-order valence-corrected chi connectivity index (χ3v) is 2.90. The van der Waals surface area contributed by atoms with Gasteiger partial charge in [-0.1, -0.05) is 18.2 Å². The van der Waals surface area contributed by atoms with Gasteiger partial charge in [0.15, 0.2) is 0 Å².